The van der Waals surface area contributed by atoms with E-state index < -0.39 is 23.8 Å². The number of aromatic hydroxyl groups is 2. The summed E-state index contributed by atoms with van der Waals surface area (Å²) in [6, 6.07) is 8.61. The second kappa shape index (κ2) is 7.76. The zero-order valence-corrected chi connectivity index (χ0v) is 20.0. The number of benzene rings is 2. The maximum Gasteiger partial charge on any atom is 0.419 e. The lowest BCUT2D eigenvalue weighted by atomic mass is 9.82. The molecular weight excluding hydrogens is 450 g/mol. The Balaban J connectivity index is 1.76. The average molecular weight is 478 g/mol. The first-order chi connectivity index (χ1) is 16.5. The third kappa shape index (κ3) is 3.67. The lowest BCUT2D eigenvalue weighted by Gasteiger charge is -2.47. The summed E-state index contributed by atoms with van der Waals surface area (Å²) >= 11 is 0. The van der Waals surface area contributed by atoms with Crippen molar-refractivity contribution in [2.45, 2.75) is 44.9 Å². The SMILES string of the molecule is CN1CC(=O)N2[C@H](c3cn(C(=O)OC(C)(C)C)c4ccccc34)c3cc(O)c(O)cc3C[C@H]2C1=O. The molecule has 2 amide bonds. The molecule has 0 aliphatic carbocycles. The second-order valence-corrected chi connectivity index (χ2v) is 10.1. The number of hydrogen-bond acceptors (Lipinski definition) is 6. The van der Waals surface area contributed by atoms with Crippen LogP contribution in [0.15, 0.2) is 42.6 Å². The standard InChI is InChI=1S/C26H27N3O6/c1-26(2,3)35-25(34)28-12-17(15-7-5-6-8-18(15)28)23-16-11-21(31)20(30)10-14(16)9-19-24(33)27(4)13-22(32)29(19)23/h5-8,10-12,19,23,30-31H,9,13H2,1-4H3/t19-,23-/m0/s1. The highest BCUT2D eigenvalue weighted by Gasteiger charge is 2.47. The van der Waals surface area contributed by atoms with Crippen molar-refractivity contribution in [3.63, 3.8) is 0 Å². The van der Waals surface area contributed by atoms with Crippen LogP contribution in [0.2, 0.25) is 0 Å². The van der Waals surface area contributed by atoms with E-state index in [1.54, 1.807) is 51.0 Å². The molecule has 1 saturated heterocycles. The first kappa shape index (κ1) is 22.8. The van der Waals surface area contributed by atoms with E-state index in [-0.39, 0.29) is 36.3 Å². The van der Waals surface area contributed by atoms with Gasteiger partial charge in [0, 0.05) is 30.6 Å². The molecule has 0 radical (unpaired) electrons. The molecule has 2 N–H and O–H groups in total. The molecule has 5 rings (SSSR count). The molecule has 1 fully saturated rings. The first-order valence-electron chi connectivity index (χ1n) is 11.4. The van der Waals surface area contributed by atoms with E-state index >= 15 is 0 Å². The molecule has 0 bridgehead atoms. The molecule has 35 heavy (non-hydrogen) atoms. The van der Waals surface area contributed by atoms with Gasteiger partial charge in [-0.3, -0.25) is 14.2 Å². The van der Waals surface area contributed by atoms with Gasteiger partial charge in [0.05, 0.1) is 18.1 Å². The van der Waals surface area contributed by atoms with Gasteiger partial charge in [-0.05, 0) is 50.1 Å². The molecule has 2 aliphatic rings. The number of phenols is 2. The Bertz CT molecular complexity index is 1390. The molecule has 9 heteroatoms. The van der Waals surface area contributed by atoms with Gasteiger partial charge in [0.15, 0.2) is 11.5 Å². The Morgan fingerprint density at radius 3 is 2.46 bits per heavy atom. The summed E-state index contributed by atoms with van der Waals surface area (Å²) in [7, 11) is 1.59. The van der Waals surface area contributed by atoms with Crippen molar-refractivity contribution in [3.8, 4) is 11.5 Å². The van der Waals surface area contributed by atoms with E-state index in [0.29, 0.717) is 27.6 Å². The Labute approximate surface area is 202 Å². The van der Waals surface area contributed by atoms with Crippen LogP contribution in [-0.2, 0) is 20.7 Å². The fourth-order valence-electron chi connectivity index (χ4n) is 5.05. The van der Waals surface area contributed by atoms with Crippen LogP contribution in [0, 0.1) is 0 Å². The quantitative estimate of drug-likeness (QED) is 0.521. The van der Waals surface area contributed by atoms with Gasteiger partial charge in [-0.25, -0.2) is 4.79 Å². The van der Waals surface area contributed by atoms with Gasteiger partial charge in [-0.1, -0.05) is 18.2 Å². The largest absolute Gasteiger partial charge is 0.504 e. The highest BCUT2D eigenvalue weighted by molar-refractivity contribution is 5.98. The number of nitrogens with zero attached hydrogens (tertiary/aromatic N) is 3. The van der Waals surface area contributed by atoms with Crippen LogP contribution in [0.25, 0.3) is 10.9 Å². The van der Waals surface area contributed by atoms with Crippen LogP contribution in [0.5, 0.6) is 11.5 Å². The van der Waals surface area contributed by atoms with Gasteiger partial charge in [0.25, 0.3) is 0 Å². The zero-order valence-electron chi connectivity index (χ0n) is 20.0. The monoisotopic (exact) mass is 477 g/mol. The Morgan fingerprint density at radius 1 is 1.06 bits per heavy atom. The number of rotatable bonds is 1. The third-order valence-corrected chi connectivity index (χ3v) is 6.51. The average Bonchev–Trinajstić information content (AvgIpc) is 3.16. The lowest BCUT2D eigenvalue weighted by molar-refractivity contribution is -0.157. The molecule has 3 aromatic rings. The second-order valence-electron chi connectivity index (χ2n) is 10.1. The molecule has 2 aliphatic heterocycles. The number of ether oxygens (including phenoxy) is 1. The van der Waals surface area contributed by atoms with Crippen LogP contribution >= 0.6 is 0 Å². The summed E-state index contributed by atoms with van der Waals surface area (Å²) in [6.07, 6.45) is 1.27. The molecule has 0 saturated carbocycles. The fourth-order valence-corrected chi connectivity index (χ4v) is 5.05. The number of likely N-dealkylation sites (N-methyl/N-ethyl adjacent to an activating group) is 1. The number of carbonyl (C=O) groups is 3. The lowest BCUT2D eigenvalue weighted by Crippen LogP contribution is -2.62. The van der Waals surface area contributed by atoms with Gasteiger partial charge in [0.2, 0.25) is 11.8 Å². The van der Waals surface area contributed by atoms with Gasteiger partial charge < -0.3 is 24.7 Å². The highest BCUT2D eigenvalue weighted by Crippen LogP contribution is 2.45. The number of piperazine rings is 1. The van der Waals surface area contributed by atoms with E-state index in [1.807, 2.05) is 12.1 Å². The van der Waals surface area contributed by atoms with Crippen molar-refractivity contribution in [1.29, 1.82) is 0 Å². The maximum absolute atomic E-state index is 13.3. The van der Waals surface area contributed by atoms with Gasteiger partial charge in [-0.15, -0.1) is 0 Å². The number of aromatic nitrogens is 1. The predicted octanol–water partition coefficient (Wildman–Crippen LogP) is 3.15. The molecule has 3 heterocycles. The van der Waals surface area contributed by atoms with Gasteiger partial charge >= 0.3 is 6.09 Å². The van der Waals surface area contributed by atoms with E-state index in [1.165, 1.54) is 21.6 Å². The summed E-state index contributed by atoms with van der Waals surface area (Å²) in [4.78, 5) is 42.5. The normalized spacial score (nSPS) is 20.1. The Kier molecular flexibility index (Phi) is 5.05. The van der Waals surface area contributed by atoms with Crippen molar-refractivity contribution in [2.24, 2.45) is 0 Å². The van der Waals surface area contributed by atoms with Crippen molar-refractivity contribution in [2.75, 3.05) is 13.6 Å². The van der Waals surface area contributed by atoms with Crippen molar-refractivity contribution >= 4 is 28.8 Å². The zero-order chi connectivity index (χ0) is 25.2. The smallest absolute Gasteiger partial charge is 0.419 e. The highest BCUT2D eigenvalue weighted by atomic mass is 16.6. The summed E-state index contributed by atoms with van der Waals surface area (Å²) < 4.78 is 7.01. The molecule has 2 aromatic carbocycles. The number of para-hydroxylation sites is 1. The molecule has 182 valence electrons. The Morgan fingerprint density at radius 2 is 1.74 bits per heavy atom. The number of amides is 2. The van der Waals surface area contributed by atoms with E-state index in [9.17, 15) is 24.6 Å². The summed E-state index contributed by atoms with van der Waals surface area (Å²) in [6.45, 7) is 5.27. The number of carbonyl (C=O) groups excluding carboxylic acids is 3. The molecular formula is C26H27N3O6. The van der Waals surface area contributed by atoms with Crippen LogP contribution in [0.1, 0.15) is 43.5 Å². The molecule has 1 aromatic heterocycles. The van der Waals surface area contributed by atoms with Gasteiger partial charge in [0.1, 0.15) is 11.6 Å². The third-order valence-electron chi connectivity index (χ3n) is 6.51. The van der Waals surface area contributed by atoms with Crippen molar-refractivity contribution in [3.05, 3.63) is 59.3 Å². The number of phenolic OH excluding ortho intramolecular Hbond substituents is 2. The maximum atomic E-state index is 13.3. The first-order valence-corrected chi connectivity index (χ1v) is 11.4. The topological polar surface area (TPSA) is 112 Å². The van der Waals surface area contributed by atoms with E-state index in [0.717, 1.165) is 0 Å². The van der Waals surface area contributed by atoms with Crippen LogP contribution in [0.4, 0.5) is 4.79 Å². The summed E-state index contributed by atoms with van der Waals surface area (Å²) in [5.41, 5.74) is 1.74. The van der Waals surface area contributed by atoms with Gasteiger partial charge in [-0.2, -0.15) is 0 Å². The van der Waals surface area contributed by atoms with E-state index in [4.69, 9.17) is 4.74 Å². The minimum absolute atomic E-state index is 0.0735. The fraction of sp³-hybridized carbons (Fsp3) is 0.346. The minimum atomic E-state index is -0.772. The molecule has 9 nitrogen and oxygen atoms in total. The summed E-state index contributed by atoms with van der Waals surface area (Å²) in [5, 5.41) is 21.2. The van der Waals surface area contributed by atoms with Crippen LogP contribution in [-0.4, -0.2) is 67.7 Å². The number of hydrogen-bond donors (Lipinski definition) is 2. The molecule has 0 spiro atoms. The van der Waals surface area contributed by atoms with Crippen molar-refractivity contribution < 1.29 is 29.3 Å². The molecule has 0 unspecified atom stereocenters. The summed E-state index contributed by atoms with van der Waals surface area (Å²) in [5.74, 6) is -1.07. The van der Waals surface area contributed by atoms with Crippen molar-refractivity contribution in [1.82, 2.24) is 14.4 Å². The molecule has 2 atom stereocenters. The van der Waals surface area contributed by atoms with E-state index in [2.05, 4.69) is 0 Å². The number of fused-ring (bicyclic) bond motifs is 3. The predicted molar refractivity (Wildman–Crippen MR) is 127 cm³/mol. The Hall–Kier alpha value is -4.01. The van der Waals surface area contributed by atoms with Crippen LogP contribution in [0.3, 0.4) is 0 Å². The van der Waals surface area contributed by atoms with Crippen LogP contribution < -0.4 is 0 Å². The minimum Gasteiger partial charge on any atom is -0.504 e.